The van der Waals surface area contributed by atoms with Crippen molar-refractivity contribution in [1.82, 2.24) is 20.9 Å². The van der Waals surface area contributed by atoms with Gasteiger partial charge in [0.2, 0.25) is 17.7 Å². The van der Waals surface area contributed by atoms with Crippen molar-refractivity contribution in [2.75, 3.05) is 33.2 Å². The number of carbonyl (C=O) groups excluding carboxylic acids is 3. The van der Waals surface area contributed by atoms with E-state index in [4.69, 9.17) is 4.74 Å². The zero-order chi connectivity index (χ0) is 21.5. The lowest BCUT2D eigenvalue weighted by Crippen LogP contribution is -2.51. The molecule has 1 aromatic carbocycles. The molecule has 1 aromatic rings. The molecule has 0 radical (unpaired) electrons. The van der Waals surface area contributed by atoms with Crippen LogP contribution in [0.4, 0.5) is 0 Å². The zero-order valence-electron chi connectivity index (χ0n) is 17.8. The van der Waals surface area contributed by atoms with E-state index in [9.17, 15) is 14.4 Å². The van der Waals surface area contributed by atoms with E-state index in [-0.39, 0.29) is 43.0 Å². The Balaban J connectivity index is 1.71. The van der Waals surface area contributed by atoms with E-state index in [0.29, 0.717) is 19.0 Å². The van der Waals surface area contributed by atoms with Crippen molar-refractivity contribution in [1.29, 1.82) is 0 Å². The second kappa shape index (κ2) is 10.4. The Labute approximate surface area is 177 Å². The van der Waals surface area contributed by atoms with Gasteiger partial charge in [-0.2, -0.15) is 0 Å². The maximum atomic E-state index is 12.9. The molecule has 1 unspecified atom stereocenters. The summed E-state index contributed by atoms with van der Waals surface area (Å²) in [5.74, 6) is 0.430. The third-order valence-corrected chi connectivity index (χ3v) is 5.43. The van der Waals surface area contributed by atoms with Crippen molar-refractivity contribution in [3.05, 3.63) is 29.8 Å². The summed E-state index contributed by atoms with van der Waals surface area (Å²) in [7, 11) is 1.62. The number of amides is 3. The molecule has 1 heterocycles. The molecular formula is C22H32N4O4. The van der Waals surface area contributed by atoms with Crippen LogP contribution in [0, 0.1) is 5.92 Å². The predicted octanol–water partition coefficient (Wildman–Crippen LogP) is 0.459. The molecule has 3 N–H and O–H groups in total. The van der Waals surface area contributed by atoms with Crippen molar-refractivity contribution < 1.29 is 19.1 Å². The van der Waals surface area contributed by atoms with E-state index in [2.05, 4.69) is 16.0 Å². The molecule has 164 valence electrons. The van der Waals surface area contributed by atoms with E-state index in [1.165, 1.54) is 4.90 Å². The fourth-order valence-corrected chi connectivity index (χ4v) is 3.60. The minimum Gasteiger partial charge on any atom is -0.489 e. The van der Waals surface area contributed by atoms with Gasteiger partial charge in [0.1, 0.15) is 11.9 Å². The average Bonchev–Trinajstić information content (AvgIpc) is 3.55. The Hall–Kier alpha value is -2.61. The molecule has 1 saturated carbocycles. The summed E-state index contributed by atoms with van der Waals surface area (Å²) in [6.07, 6.45) is 3.43. The van der Waals surface area contributed by atoms with Gasteiger partial charge in [-0.25, -0.2) is 0 Å². The number of fused-ring (bicyclic) bond motifs is 1. The molecule has 1 aliphatic carbocycles. The van der Waals surface area contributed by atoms with Crippen molar-refractivity contribution in [2.45, 2.75) is 44.8 Å². The number of carbonyl (C=O) groups is 3. The molecule has 1 fully saturated rings. The van der Waals surface area contributed by atoms with Gasteiger partial charge in [-0.3, -0.25) is 14.4 Å². The van der Waals surface area contributed by atoms with Crippen LogP contribution in [0.1, 0.15) is 31.7 Å². The molecular weight excluding hydrogens is 384 g/mol. The third-order valence-electron chi connectivity index (χ3n) is 5.43. The first-order valence-electron chi connectivity index (χ1n) is 10.7. The number of nitrogens with one attached hydrogen (secondary N) is 3. The molecule has 2 aliphatic rings. The number of hydrogen-bond acceptors (Lipinski definition) is 5. The summed E-state index contributed by atoms with van der Waals surface area (Å²) in [4.78, 5) is 38.4. The monoisotopic (exact) mass is 416 g/mol. The molecule has 0 bridgehead atoms. The number of hydrogen-bond donors (Lipinski definition) is 3. The molecule has 8 nitrogen and oxygen atoms in total. The standard InChI is InChI=1S/C22H32N4O4/c1-15-12-25-21(17-9-10-17)22(29)26(2)14-20(28)24-13-19(27)23-11-5-7-16-6-3-4-8-18(16)30-15/h3-4,6,8,15,17,21,25H,5,7,9-14H2,1-2H3,(H,23,27)(H,24,28)/t15-,21?/m1/s1. The SMILES string of the molecule is C[C@@H]1CNC(C2CC2)C(=O)N(C)CC(=O)NCC(=O)NCCCc2ccccc2O1. The van der Waals surface area contributed by atoms with Crippen LogP contribution in [0.3, 0.4) is 0 Å². The third kappa shape index (κ3) is 6.45. The van der Waals surface area contributed by atoms with E-state index >= 15 is 0 Å². The van der Waals surface area contributed by atoms with Crippen LogP contribution in [-0.2, 0) is 20.8 Å². The first-order chi connectivity index (χ1) is 14.4. The molecule has 0 spiro atoms. The van der Waals surface area contributed by atoms with Gasteiger partial charge in [0.15, 0.2) is 0 Å². The van der Waals surface area contributed by atoms with Gasteiger partial charge >= 0.3 is 0 Å². The fraction of sp³-hybridized carbons (Fsp3) is 0.591. The molecule has 3 amide bonds. The van der Waals surface area contributed by atoms with Gasteiger partial charge < -0.3 is 25.6 Å². The van der Waals surface area contributed by atoms with E-state index in [0.717, 1.165) is 37.0 Å². The van der Waals surface area contributed by atoms with Crippen molar-refractivity contribution in [2.24, 2.45) is 5.92 Å². The maximum absolute atomic E-state index is 12.9. The van der Waals surface area contributed by atoms with Gasteiger partial charge in [-0.05, 0) is 50.2 Å². The average molecular weight is 417 g/mol. The highest BCUT2D eigenvalue weighted by Gasteiger charge is 2.37. The van der Waals surface area contributed by atoms with Gasteiger partial charge in [0, 0.05) is 20.1 Å². The van der Waals surface area contributed by atoms with Crippen molar-refractivity contribution in [3.63, 3.8) is 0 Å². The van der Waals surface area contributed by atoms with Crippen LogP contribution >= 0.6 is 0 Å². The van der Waals surface area contributed by atoms with Crippen LogP contribution in [0.5, 0.6) is 5.75 Å². The van der Waals surface area contributed by atoms with Crippen LogP contribution in [0.15, 0.2) is 24.3 Å². The topological polar surface area (TPSA) is 99.8 Å². The van der Waals surface area contributed by atoms with Crippen molar-refractivity contribution in [3.8, 4) is 5.75 Å². The minimum absolute atomic E-state index is 0.0730. The molecule has 0 aromatic heterocycles. The summed E-state index contributed by atoms with van der Waals surface area (Å²) >= 11 is 0. The number of likely N-dealkylation sites (N-methyl/N-ethyl adjacent to an activating group) is 1. The van der Waals surface area contributed by atoms with Crippen molar-refractivity contribution >= 4 is 17.7 Å². The van der Waals surface area contributed by atoms with Gasteiger partial charge in [-0.1, -0.05) is 18.2 Å². The highest BCUT2D eigenvalue weighted by molar-refractivity contribution is 5.89. The summed E-state index contributed by atoms with van der Waals surface area (Å²) in [5.41, 5.74) is 1.09. The van der Waals surface area contributed by atoms with Crippen LogP contribution in [0.2, 0.25) is 0 Å². The molecule has 3 rings (SSSR count). The number of rotatable bonds is 1. The predicted molar refractivity (Wildman–Crippen MR) is 113 cm³/mol. The lowest BCUT2D eigenvalue weighted by molar-refractivity contribution is -0.137. The lowest BCUT2D eigenvalue weighted by atomic mass is 10.1. The largest absolute Gasteiger partial charge is 0.489 e. The van der Waals surface area contributed by atoms with Crippen LogP contribution < -0.4 is 20.7 Å². The molecule has 8 heteroatoms. The summed E-state index contributed by atoms with van der Waals surface area (Å²) in [5, 5.41) is 8.75. The second-order valence-corrected chi connectivity index (χ2v) is 8.18. The maximum Gasteiger partial charge on any atom is 0.240 e. The lowest BCUT2D eigenvalue weighted by Gasteiger charge is -2.26. The van der Waals surface area contributed by atoms with E-state index in [1.54, 1.807) is 7.05 Å². The molecule has 30 heavy (non-hydrogen) atoms. The van der Waals surface area contributed by atoms with Gasteiger partial charge in [0.05, 0.1) is 19.1 Å². The summed E-state index contributed by atoms with van der Waals surface area (Å²) < 4.78 is 6.15. The highest BCUT2D eigenvalue weighted by Crippen LogP contribution is 2.33. The quantitative estimate of drug-likeness (QED) is 0.618. The Morgan fingerprint density at radius 2 is 1.83 bits per heavy atom. The highest BCUT2D eigenvalue weighted by atomic mass is 16.5. The van der Waals surface area contributed by atoms with E-state index < -0.39 is 0 Å². The smallest absolute Gasteiger partial charge is 0.240 e. The first kappa shape index (κ1) is 22.1. The number of nitrogens with zero attached hydrogens (tertiary/aromatic N) is 1. The zero-order valence-corrected chi connectivity index (χ0v) is 17.8. The molecule has 1 aliphatic heterocycles. The second-order valence-electron chi connectivity index (χ2n) is 8.18. The molecule has 2 atom stereocenters. The Morgan fingerprint density at radius 3 is 2.60 bits per heavy atom. The number of benzene rings is 1. The van der Waals surface area contributed by atoms with E-state index in [1.807, 2.05) is 31.2 Å². The summed E-state index contributed by atoms with van der Waals surface area (Å²) in [6, 6.07) is 7.58. The normalized spacial score (nSPS) is 25.3. The van der Waals surface area contributed by atoms with Crippen LogP contribution in [0.25, 0.3) is 0 Å². The van der Waals surface area contributed by atoms with Gasteiger partial charge in [-0.15, -0.1) is 0 Å². The Kier molecular flexibility index (Phi) is 7.68. The summed E-state index contributed by atoms with van der Waals surface area (Å²) in [6.45, 7) is 2.87. The molecule has 0 saturated heterocycles. The van der Waals surface area contributed by atoms with Gasteiger partial charge in [0.25, 0.3) is 0 Å². The number of para-hydroxylation sites is 1. The number of aryl methyl sites for hydroxylation is 1. The minimum atomic E-state index is -0.345. The Bertz CT molecular complexity index is 765. The first-order valence-corrected chi connectivity index (χ1v) is 10.7. The fourth-order valence-electron chi connectivity index (χ4n) is 3.60. The Morgan fingerprint density at radius 1 is 1.07 bits per heavy atom. The van der Waals surface area contributed by atoms with Crippen LogP contribution in [-0.4, -0.2) is 68.0 Å². The number of ether oxygens (including phenoxy) is 1.